The molecule has 26 heavy (non-hydrogen) atoms. The number of anilines is 1. The number of nitrogens with zero attached hydrogens (tertiary/aromatic N) is 3. The second-order valence-corrected chi connectivity index (χ2v) is 6.31. The van der Waals surface area contributed by atoms with Crippen LogP contribution in [0.1, 0.15) is 12.8 Å². The molecule has 2 amide bonds. The minimum Gasteiger partial charge on any atom is -0.334 e. The lowest BCUT2D eigenvalue weighted by molar-refractivity contribution is -0.143. The third-order valence-corrected chi connectivity index (χ3v) is 4.56. The van der Waals surface area contributed by atoms with E-state index in [1.807, 2.05) is 42.6 Å². The van der Waals surface area contributed by atoms with Gasteiger partial charge in [0.25, 0.3) is 5.91 Å². The molecule has 8 heteroatoms. The molecule has 0 unspecified atom stereocenters. The highest BCUT2D eigenvalue weighted by Crippen LogP contribution is 2.29. The number of hydrogen-bond acceptors (Lipinski definition) is 4. The summed E-state index contributed by atoms with van der Waals surface area (Å²) in [5.41, 5.74) is -0.00622. The number of nitrogens with one attached hydrogen (secondary N) is 2. The summed E-state index contributed by atoms with van der Waals surface area (Å²) in [7, 11) is 1.67. The van der Waals surface area contributed by atoms with Crippen LogP contribution in [-0.2, 0) is 15.1 Å². The molecule has 0 atom stereocenters. The molecule has 1 aromatic heterocycles. The predicted molar refractivity (Wildman–Crippen MR) is 102 cm³/mol. The molecule has 0 aliphatic carbocycles. The lowest BCUT2D eigenvalue weighted by Gasteiger charge is -2.39. The van der Waals surface area contributed by atoms with E-state index in [4.69, 9.17) is 0 Å². The molecular formula is C18H24ClN5O2. The van der Waals surface area contributed by atoms with Crippen LogP contribution in [0.3, 0.4) is 0 Å². The number of likely N-dealkylation sites (N-methyl/N-ethyl adjacent to an activating group) is 1. The molecule has 1 saturated heterocycles. The number of piperidine rings is 1. The van der Waals surface area contributed by atoms with Crippen molar-refractivity contribution in [2.45, 2.75) is 18.4 Å². The number of benzene rings is 1. The molecule has 0 spiro atoms. The zero-order chi connectivity index (χ0) is 17.7. The molecule has 3 rings (SSSR count). The maximum absolute atomic E-state index is 13.2. The summed E-state index contributed by atoms with van der Waals surface area (Å²) in [6.45, 7) is 1.50. The molecule has 2 N–H and O–H groups in total. The van der Waals surface area contributed by atoms with Gasteiger partial charge in [0.2, 0.25) is 5.91 Å². The van der Waals surface area contributed by atoms with E-state index in [0.717, 1.165) is 18.8 Å². The van der Waals surface area contributed by atoms with Crippen molar-refractivity contribution in [3.8, 4) is 0 Å². The van der Waals surface area contributed by atoms with E-state index < -0.39 is 5.54 Å². The van der Waals surface area contributed by atoms with Gasteiger partial charge in [0.15, 0.2) is 0 Å². The molecule has 1 fully saturated rings. The SMILES string of the molecule is CN(CC(=O)Nc1ccccc1)C(=O)C1(n2cccn2)CCNCC1.Cl. The molecule has 1 aliphatic rings. The van der Waals surface area contributed by atoms with Gasteiger partial charge in [-0.05, 0) is 44.1 Å². The third kappa shape index (κ3) is 4.23. The second-order valence-electron chi connectivity index (χ2n) is 6.31. The van der Waals surface area contributed by atoms with Crippen LogP contribution in [0.4, 0.5) is 5.69 Å². The fraction of sp³-hybridized carbons (Fsp3) is 0.389. The number of hydrogen-bond donors (Lipinski definition) is 2. The van der Waals surface area contributed by atoms with Gasteiger partial charge in [0.1, 0.15) is 5.54 Å². The number of para-hydroxylation sites is 1. The number of aromatic nitrogens is 2. The van der Waals surface area contributed by atoms with E-state index in [1.54, 1.807) is 17.9 Å². The van der Waals surface area contributed by atoms with Crippen LogP contribution in [0.15, 0.2) is 48.8 Å². The van der Waals surface area contributed by atoms with E-state index >= 15 is 0 Å². The first-order valence-corrected chi connectivity index (χ1v) is 8.43. The van der Waals surface area contributed by atoms with Crippen molar-refractivity contribution in [2.75, 3.05) is 32.0 Å². The number of halogens is 1. The van der Waals surface area contributed by atoms with Gasteiger partial charge >= 0.3 is 0 Å². The molecule has 0 radical (unpaired) electrons. The van der Waals surface area contributed by atoms with Gasteiger partial charge in [0, 0.05) is 25.1 Å². The van der Waals surface area contributed by atoms with E-state index in [2.05, 4.69) is 15.7 Å². The number of carbonyl (C=O) groups excluding carboxylic acids is 2. The fourth-order valence-corrected chi connectivity index (χ4v) is 3.27. The summed E-state index contributed by atoms with van der Waals surface area (Å²) >= 11 is 0. The minimum atomic E-state index is -0.726. The molecule has 140 valence electrons. The van der Waals surface area contributed by atoms with Crippen LogP contribution < -0.4 is 10.6 Å². The highest BCUT2D eigenvalue weighted by molar-refractivity contribution is 5.95. The Balaban J connectivity index is 0.00000243. The van der Waals surface area contributed by atoms with Crippen LogP contribution >= 0.6 is 12.4 Å². The first-order valence-electron chi connectivity index (χ1n) is 8.43. The summed E-state index contributed by atoms with van der Waals surface area (Å²) in [5, 5.41) is 10.4. The lowest BCUT2D eigenvalue weighted by Crippen LogP contribution is -2.55. The van der Waals surface area contributed by atoms with Gasteiger partial charge in [-0.2, -0.15) is 5.10 Å². The second kappa shape index (κ2) is 8.82. The Morgan fingerprint density at radius 2 is 1.92 bits per heavy atom. The first-order chi connectivity index (χ1) is 12.1. The van der Waals surface area contributed by atoms with Crippen molar-refractivity contribution < 1.29 is 9.59 Å². The maximum atomic E-state index is 13.2. The van der Waals surface area contributed by atoms with E-state index in [9.17, 15) is 9.59 Å². The summed E-state index contributed by atoms with van der Waals surface area (Å²) in [6.07, 6.45) is 4.80. The molecule has 2 aromatic rings. The van der Waals surface area contributed by atoms with Crippen LogP contribution in [0, 0.1) is 0 Å². The smallest absolute Gasteiger partial charge is 0.250 e. The molecule has 1 aromatic carbocycles. The van der Waals surface area contributed by atoms with Crippen molar-refractivity contribution in [1.82, 2.24) is 20.0 Å². The summed E-state index contributed by atoms with van der Waals surface area (Å²) in [6, 6.07) is 11.0. The average Bonchev–Trinajstić information content (AvgIpc) is 3.17. The minimum absolute atomic E-state index is 0. The van der Waals surface area contributed by atoms with Crippen molar-refractivity contribution in [2.24, 2.45) is 0 Å². The highest BCUT2D eigenvalue weighted by Gasteiger charge is 2.43. The summed E-state index contributed by atoms with van der Waals surface area (Å²) in [4.78, 5) is 26.9. The van der Waals surface area contributed by atoms with E-state index in [0.29, 0.717) is 12.8 Å². The maximum Gasteiger partial charge on any atom is 0.250 e. The normalized spacial score (nSPS) is 15.6. The van der Waals surface area contributed by atoms with Crippen LogP contribution in [0.5, 0.6) is 0 Å². The Morgan fingerprint density at radius 3 is 2.54 bits per heavy atom. The highest BCUT2D eigenvalue weighted by atomic mass is 35.5. The van der Waals surface area contributed by atoms with Gasteiger partial charge < -0.3 is 15.5 Å². The Kier molecular flexibility index (Phi) is 6.76. The Labute approximate surface area is 159 Å². The quantitative estimate of drug-likeness (QED) is 0.827. The summed E-state index contributed by atoms with van der Waals surface area (Å²) in [5.74, 6) is -0.299. The predicted octanol–water partition coefficient (Wildman–Crippen LogP) is 1.48. The fourth-order valence-electron chi connectivity index (χ4n) is 3.27. The van der Waals surface area contributed by atoms with Crippen molar-refractivity contribution in [3.63, 3.8) is 0 Å². The molecule has 7 nitrogen and oxygen atoms in total. The Hall–Kier alpha value is -2.38. The van der Waals surface area contributed by atoms with Crippen molar-refractivity contribution in [3.05, 3.63) is 48.8 Å². The van der Waals surface area contributed by atoms with Crippen LogP contribution in [0.25, 0.3) is 0 Å². The van der Waals surface area contributed by atoms with E-state index in [1.165, 1.54) is 4.90 Å². The van der Waals surface area contributed by atoms with Gasteiger partial charge in [-0.25, -0.2) is 0 Å². The van der Waals surface area contributed by atoms with Gasteiger partial charge in [0.05, 0.1) is 6.54 Å². The zero-order valence-corrected chi connectivity index (χ0v) is 15.5. The Bertz CT molecular complexity index is 714. The molecular weight excluding hydrogens is 354 g/mol. The van der Waals surface area contributed by atoms with Crippen molar-refractivity contribution >= 4 is 29.9 Å². The largest absolute Gasteiger partial charge is 0.334 e. The number of amides is 2. The average molecular weight is 378 g/mol. The number of rotatable bonds is 5. The monoisotopic (exact) mass is 377 g/mol. The standard InChI is InChI=1S/C18H23N5O2.ClH/c1-22(14-16(24)21-15-6-3-2-4-7-15)17(25)18(8-11-19-12-9-18)23-13-5-10-20-23;/h2-7,10,13,19H,8-9,11-12,14H2,1H3,(H,21,24);1H. The van der Waals surface area contributed by atoms with Gasteiger partial charge in [-0.3, -0.25) is 14.3 Å². The molecule has 2 heterocycles. The Morgan fingerprint density at radius 1 is 1.23 bits per heavy atom. The van der Waals surface area contributed by atoms with Crippen LogP contribution in [-0.4, -0.2) is 53.2 Å². The van der Waals surface area contributed by atoms with Crippen molar-refractivity contribution in [1.29, 1.82) is 0 Å². The molecule has 1 aliphatic heterocycles. The lowest BCUT2D eigenvalue weighted by atomic mass is 9.87. The zero-order valence-electron chi connectivity index (χ0n) is 14.7. The number of carbonyl (C=O) groups is 2. The molecule has 0 saturated carbocycles. The van der Waals surface area contributed by atoms with E-state index in [-0.39, 0.29) is 30.8 Å². The van der Waals surface area contributed by atoms with Crippen LogP contribution in [0.2, 0.25) is 0 Å². The topological polar surface area (TPSA) is 79.3 Å². The molecule has 0 bridgehead atoms. The van der Waals surface area contributed by atoms with Gasteiger partial charge in [-0.15, -0.1) is 12.4 Å². The third-order valence-electron chi connectivity index (χ3n) is 4.56. The summed E-state index contributed by atoms with van der Waals surface area (Å²) < 4.78 is 1.74. The first kappa shape index (κ1) is 19.9. The van der Waals surface area contributed by atoms with Gasteiger partial charge in [-0.1, -0.05) is 18.2 Å².